The first-order chi connectivity index (χ1) is 11.3. The first-order valence-electron chi connectivity index (χ1n) is 7.94. The van der Waals surface area contributed by atoms with Crippen LogP contribution < -0.4 is 5.32 Å². The Hall–Kier alpha value is -2.44. The third kappa shape index (κ3) is 3.85. The van der Waals surface area contributed by atoms with E-state index in [1.54, 1.807) is 12.3 Å². The summed E-state index contributed by atoms with van der Waals surface area (Å²) < 4.78 is 4.76. The van der Waals surface area contributed by atoms with Gasteiger partial charge >= 0.3 is 0 Å². The van der Waals surface area contributed by atoms with Crippen molar-refractivity contribution >= 4 is 11.7 Å². The topological polar surface area (TPSA) is 84.2 Å². The van der Waals surface area contributed by atoms with Crippen LogP contribution in [0.3, 0.4) is 0 Å². The van der Waals surface area contributed by atoms with E-state index in [1.807, 2.05) is 18.1 Å². The summed E-state index contributed by atoms with van der Waals surface area (Å²) in [7, 11) is 1.83. The highest BCUT2D eigenvalue weighted by Crippen LogP contribution is 2.22. The molecule has 1 amide bonds. The number of anilines is 1. The second-order valence-electron chi connectivity index (χ2n) is 5.82. The molecule has 3 rings (SSSR count). The number of carbonyl (C=O) groups excluding carboxylic acids is 1. The number of hydrogen-bond donors (Lipinski definition) is 1. The van der Waals surface area contributed by atoms with E-state index in [9.17, 15) is 4.79 Å². The summed E-state index contributed by atoms with van der Waals surface area (Å²) in [5, 5.41) is 6.70. The fourth-order valence-corrected chi connectivity index (χ4v) is 2.94. The molecule has 1 fully saturated rings. The average molecular weight is 315 g/mol. The van der Waals surface area contributed by atoms with Gasteiger partial charge in [-0.3, -0.25) is 9.78 Å². The van der Waals surface area contributed by atoms with Gasteiger partial charge in [-0.2, -0.15) is 0 Å². The van der Waals surface area contributed by atoms with Crippen molar-refractivity contribution in [3.05, 3.63) is 36.1 Å². The van der Waals surface area contributed by atoms with E-state index in [1.165, 1.54) is 6.26 Å². The van der Waals surface area contributed by atoms with Crippen molar-refractivity contribution in [2.75, 3.05) is 25.5 Å². The zero-order chi connectivity index (χ0) is 16.1. The van der Waals surface area contributed by atoms with Crippen LogP contribution in [0.4, 0.5) is 5.82 Å². The maximum Gasteiger partial charge on any atom is 0.276 e. The van der Waals surface area contributed by atoms with Crippen LogP contribution in [0.15, 0.2) is 29.2 Å². The number of aromatic nitrogens is 3. The Bertz CT molecular complexity index is 626. The molecule has 0 aromatic carbocycles. The Balaban J connectivity index is 1.56. The van der Waals surface area contributed by atoms with E-state index in [-0.39, 0.29) is 5.91 Å². The van der Waals surface area contributed by atoms with Crippen LogP contribution in [0.1, 0.15) is 35.4 Å². The average Bonchev–Trinajstić information content (AvgIpc) is 3.02. The van der Waals surface area contributed by atoms with Crippen LogP contribution in [-0.4, -0.2) is 46.1 Å². The quantitative estimate of drug-likeness (QED) is 0.929. The molecule has 122 valence electrons. The van der Waals surface area contributed by atoms with Gasteiger partial charge < -0.3 is 14.7 Å². The number of rotatable bonds is 4. The molecule has 7 heteroatoms. The standard InChI is InChI=1S/C16H21N5O2/c1-17-15-11-18-13(10-19-15)9-12-3-2-6-21(7-4-12)16(22)14-5-8-23-20-14/h5,8,10-12H,2-4,6-7,9H2,1H3,(H,17,19)/t12-/m1/s1. The van der Waals surface area contributed by atoms with Crippen molar-refractivity contribution in [3.63, 3.8) is 0 Å². The Morgan fingerprint density at radius 1 is 1.35 bits per heavy atom. The van der Waals surface area contributed by atoms with Gasteiger partial charge in [0.15, 0.2) is 5.69 Å². The van der Waals surface area contributed by atoms with Crippen LogP contribution in [0, 0.1) is 5.92 Å². The lowest BCUT2D eigenvalue weighted by Gasteiger charge is -2.19. The summed E-state index contributed by atoms with van der Waals surface area (Å²) in [6.45, 7) is 1.52. The molecule has 2 aromatic heterocycles. The summed E-state index contributed by atoms with van der Waals surface area (Å²) in [6, 6.07) is 1.61. The summed E-state index contributed by atoms with van der Waals surface area (Å²) in [4.78, 5) is 22.9. The Morgan fingerprint density at radius 3 is 2.96 bits per heavy atom. The third-order valence-electron chi connectivity index (χ3n) is 4.25. The number of nitrogens with one attached hydrogen (secondary N) is 1. The minimum Gasteiger partial charge on any atom is -0.372 e. The third-order valence-corrected chi connectivity index (χ3v) is 4.25. The Kier molecular flexibility index (Phi) is 4.85. The molecule has 7 nitrogen and oxygen atoms in total. The highest BCUT2D eigenvalue weighted by atomic mass is 16.5. The van der Waals surface area contributed by atoms with Gasteiger partial charge in [-0.1, -0.05) is 5.16 Å². The van der Waals surface area contributed by atoms with Gasteiger partial charge in [-0.15, -0.1) is 0 Å². The second kappa shape index (κ2) is 7.21. The van der Waals surface area contributed by atoms with Gasteiger partial charge in [0, 0.05) is 26.2 Å². The molecule has 3 heterocycles. The Labute approximate surface area is 135 Å². The zero-order valence-electron chi connectivity index (χ0n) is 13.2. The SMILES string of the molecule is CNc1cnc(C[C@@H]2CCCN(C(=O)c3ccon3)CC2)cn1. The molecule has 0 radical (unpaired) electrons. The maximum absolute atomic E-state index is 12.3. The monoisotopic (exact) mass is 315 g/mol. The lowest BCUT2D eigenvalue weighted by atomic mass is 9.95. The molecule has 0 saturated carbocycles. The van der Waals surface area contributed by atoms with E-state index in [2.05, 4.69) is 20.4 Å². The smallest absolute Gasteiger partial charge is 0.276 e. The summed E-state index contributed by atoms with van der Waals surface area (Å²) in [5.41, 5.74) is 1.39. The maximum atomic E-state index is 12.3. The van der Waals surface area contributed by atoms with E-state index in [0.29, 0.717) is 11.6 Å². The highest BCUT2D eigenvalue weighted by molar-refractivity contribution is 5.92. The molecule has 0 unspecified atom stereocenters. The van der Waals surface area contributed by atoms with E-state index >= 15 is 0 Å². The molecule has 2 aromatic rings. The molecular weight excluding hydrogens is 294 g/mol. The van der Waals surface area contributed by atoms with Gasteiger partial charge in [0.05, 0.1) is 18.1 Å². The second-order valence-corrected chi connectivity index (χ2v) is 5.82. The fraction of sp³-hybridized carbons (Fsp3) is 0.500. The van der Waals surface area contributed by atoms with Crippen molar-refractivity contribution in [3.8, 4) is 0 Å². The van der Waals surface area contributed by atoms with Crippen molar-refractivity contribution in [2.24, 2.45) is 5.92 Å². The first kappa shape index (κ1) is 15.5. The molecule has 0 spiro atoms. The van der Waals surface area contributed by atoms with E-state index in [0.717, 1.165) is 50.3 Å². The summed E-state index contributed by atoms with van der Waals surface area (Å²) in [5.74, 6) is 1.26. The van der Waals surface area contributed by atoms with Crippen molar-refractivity contribution < 1.29 is 9.32 Å². The van der Waals surface area contributed by atoms with Crippen LogP contribution >= 0.6 is 0 Å². The van der Waals surface area contributed by atoms with Gasteiger partial charge in [0.1, 0.15) is 12.1 Å². The number of likely N-dealkylation sites (tertiary alicyclic amines) is 1. The normalized spacial score (nSPS) is 18.5. The highest BCUT2D eigenvalue weighted by Gasteiger charge is 2.23. The lowest BCUT2D eigenvalue weighted by Crippen LogP contribution is -2.32. The van der Waals surface area contributed by atoms with Crippen molar-refractivity contribution in [1.82, 2.24) is 20.0 Å². The lowest BCUT2D eigenvalue weighted by molar-refractivity contribution is 0.0749. The van der Waals surface area contributed by atoms with Crippen LogP contribution in [0.25, 0.3) is 0 Å². The van der Waals surface area contributed by atoms with Crippen LogP contribution in [-0.2, 0) is 6.42 Å². The van der Waals surface area contributed by atoms with Crippen LogP contribution in [0.2, 0.25) is 0 Å². The van der Waals surface area contributed by atoms with E-state index in [4.69, 9.17) is 4.52 Å². The van der Waals surface area contributed by atoms with Crippen molar-refractivity contribution in [1.29, 1.82) is 0 Å². The predicted molar refractivity (Wildman–Crippen MR) is 85.0 cm³/mol. The summed E-state index contributed by atoms with van der Waals surface area (Å²) in [6.07, 6.45) is 8.99. The molecule has 23 heavy (non-hydrogen) atoms. The predicted octanol–water partition coefficient (Wildman–Crippen LogP) is 1.99. The van der Waals surface area contributed by atoms with Gasteiger partial charge in [0.25, 0.3) is 5.91 Å². The summed E-state index contributed by atoms with van der Waals surface area (Å²) >= 11 is 0. The number of amides is 1. The minimum atomic E-state index is -0.0439. The fourth-order valence-electron chi connectivity index (χ4n) is 2.94. The molecule has 1 saturated heterocycles. The molecule has 1 N–H and O–H groups in total. The van der Waals surface area contributed by atoms with Gasteiger partial charge in [-0.25, -0.2) is 4.98 Å². The minimum absolute atomic E-state index is 0.0439. The van der Waals surface area contributed by atoms with Crippen molar-refractivity contribution in [2.45, 2.75) is 25.7 Å². The van der Waals surface area contributed by atoms with E-state index < -0.39 is 0 Å². The number of hydrogen-bond acceptors (Lipinski definition) is 6. The van der Waals surface area contributed by atoms with Crippen LogP contribution in [0.5, 0.6) is 0 Å². The molecular formula is C16H21N5O2. The number of nitrogens with zero attached hydrogens (tertiary/aromatic N) is 4. The largest absolute Gasteiger partial charge is 0.372 e. The molecule has 1 aliphatic rings. The van der Waals surface area contributed by atoms with Gasteiger partial charge in [-0.05, 0) is 31.6 Å². The molecule has 1 atom stereocenters. The molecule has 0 aliphatic carbocycles. The zero-order valence-corrected chi connectivity index (χ0v) is 13.2. The molecule has 0 bridgehead atoms. The number of carbonyl (C=O) groups is 1. The van der Waals surface area contributed by atoms with Gasteiger partial charge in [0.2, 0.25) is 0 Å². The Morgan fingerprint density at radius 2 is 2.26 bits per heavy atom. The first-order valence-corrected chi connectivity index (χ1v) is 7.94. The molecule has 1 aliphatic heterocycles.